The van der Waals surface area contributed by atoms with Gasteiger partial charge in [0.1, 0.15) is 5.76 Å². The van der Waals surface area contributed by atoms with Gasteiger partial charge < -0.3 is 18.8 Å². The van der Waals surface area contributed by atoms with Crippen molar-refractivity contribution < 1.29 is 28.3 Å². The topological polar surface area (TPSA) is 86.0 Å². The minimum Gasteiger partial charge on any atom is -0.466 e. The number of likely N-dealkylation sites (tertiary alicyclic amines) is 1. The van der Waals surface area contributed by atoms with E-state index < -0.39 is 5.97 Å². The number of furan rings is 1. The van der Waals surface area contributed by atoms with Gasteiger partial charge in [0.2, 0.25) is 0 Å². The fourth-order valence-corrected chi connectivity index (χ4v) is 2.90. The highest BCUT2D eigenvalue weighted by Crippen LogP contribution is 2.18. The van der Waals surface area contributed by atoms with E-state index in [4.69, 9.17) is 13.9 Å². The first-order valence-corrected chi connectivity index (χ1v) is 9.12. The quantitative estimate of drug-likeness (QED) is 0.367. The summed E-state index contributed by atoms with van der Waals surface area (Å²) in [7, 11) is 0. The summed E-state index contributed by atoms with van der Waals surface area (Å²) in [5.41, 5.74) is 0. The van der Waals surface area contributed by atoms with Crippen LogP contribution in [-0.2, 0) is 23.9 Å². The summed E-state index contributed by atoms with van der Waals surface area (Å²) in [6, 6.07) is 3.50. The number of rotatable bonds is 6. The minimum atomic E-state index is -0.610. The van der Waals surface area contributed by atoms with E-state index in [0.29, 0.717) is 42.1 Å². The van der Waals surface area contributed by atoms with Crippen LogP contribution in [0.5, 0.6) is 0 Å². The monoisotopic (exact) mass is 461 g/mol. The first-order chi connectivity index (χ1) is 12.0. The number of carbonyl (C=O) groups excluding carboxylic acids is 3. The summed E-state index contributed by atoms with van der Waals surface area (Å²) < 4.78 is 15.9. The van der Waals surface area contributed by atoms with E-state index in [1.54, 1.807) is 24.0 Å². The first kappa shape index (κ1) is 19.5. The Morgan fingerprint density at radius 2 is 2.00 bits per heavy atom. The molecule has 8 heteroatoms. The third kappa shape index (κ3) is 6.18. The molecule has 0 bridgehead atoms. The average Bonchev–Trinajstić information content (AvgIpc) is 3.03. The van der Waals surface area contributed by atoms with Crippen LogP contribution < -0.4 is 0 Å². The molecule has 25 heavy (non-hydrogen) atoms. The SMILES string of the molecule is CCOC(=O)C1CCN(C(=O)COC(=O)C=Cc2ccc(I)o2)CC1. The van der Waals surface area contributed by atoms with Crippen molar-refractivity contribution in [2.45, 2.75) is 19.8 Å². The summed E-state index contributed by atoms with van der Waals surface area (Å²) in [4.78, 5) is 37.0. The zero-order chi connectivity index (χ0) is 18.2. The molecule has 0 atom stereocenters. The summed E-state index contributed by atoms with van der Waals surface area (Å²) in [5.74, 6) is -0.712. The van der Waals surface area contributed by atoms with Crippen molar-refractivity contribution in [3.05, 3.63) is 27.7 Å². The molecule has 1 saturated heterocycles. The second kappa shape index (κ2) is 9.59. The highest BCUT2D eigenvalue weighted by molar-refractivity contribution is 14.1. The molecule has 7 nitrogen and oxygen atoms in total. The van der Waals surface area contributed by atoms with Crippen molar-refractivity contribution in [2.75, 3.05) is 26.3 Å². The van der Waals surface area contributed by atoms with Gasteiger partial charge in [0.15, 0.2) is 10.4 Å². The van der Waals surface area contributed by atoms with Crippen LogP contribution in [0, 0.1) is 9.68 Å². The maximum atomic E-state index is 12.1. The summed E-state index contributed by atoms with van der Waals surface area (Å²) in [6.45, 7) is 2.73. The maximum Gasteiger partial charge on any atom is 0.331 e. The van der Waals surface area contributed by atoms with Gasteiger partial charge in [0.05, 0.1) is 12.5 Å². The molecule has 1 aliphatic rings. The lowest BCUT2D eigenvalue weighted by Crippen LogP contribution is -2.42. The highest BCUT2D eigenvalue weighted by Gasteiger charge is 2.28. The van der Waals surface area contributed by atoms with Gasteiger partial charge in [-0.05, 0) is 60.6 Å². The second-order valence-corrected chi connectivity index (χ2v) is 6.55. The number of piperidine rings is 1. The van der Waals surface area contributed by atoms with Crippen LogP contribution in [0.15, 0.2) is 22.6 Å². The molecule has 0 saturated carbocycles. The molecule has 1 aliphatic heterocycles. The second-order valence-electron chi connectivity index (χ2n) is 5.49. The fourth-order valence-electron chi connectivity index (χ4n) is 2.46. The molecule has 2 rings (SSSR count). The van der Waals surface area contributed by atoms with Gasteiger partial charge >= 0.3 is 11.9 Å². The van der Waals surface area contributed by atoms with E-state index >= 15 is 0 Å². The molecular formula is C17H20INO6. The molecule has 0 radical (unpaired) electrons. The lowest BCUT2D eigenvalue weighted by molar-refractivity contribution is -0.153. The van der Waals surface area contributed by atoms with Gasteiger partial charge in [-0.15, -0.1) is 0 Å². The van der Waals surface area contributed by atoms with Crippen LogP contribution in [0.2, 0.25) is 0 Å². The molecule has 1 aromatic heterocycles. The Balaban J connectivity index is 1.71. The predicted molar refractivity (Wildman–Crippen MR) is 97.4 cm³/mol. The molecule has 136 valence electrons. The van der Waals surface area contributed by atoms with Gasteiger partial charge in [0, 0.05) is 19.2 Å². The molecule has 0 aromatic carbocycles. The number of carbonyl (C=O) groups is 3. The number of halogens is 1. The van der Waals surface area contributed by atoms with Crippen molar-refractivity contribution in [1.82, 2.24) is 4.90 Å². The Morgan fingerprint density at radius 3 is 2.60 bits per heavy atom. The maximum absolute atomic E-state index is 12.1. The molecule has 1 amide bonds. The molecule has 0 N–H and O–H groups in total. The van der Waals surface area contributed by atoms with Gasteiger partial charge in [0.25, 0.3) is 5.91 Å². The van der Waals surface area contributed by atoms with Gasteiger partial charge in [-0.2, -0.15) is 0 Å². The van der Waals surface area contributed by atoms with E-state index in [1.165, 1.54) is 12.2 Å². The normalized spacial score (nSPS) is 15.4. The lowest BCUT2D eigenvalue weighted by Gasteiger charge is -2.30. The third-order valence-corrected chi connectivity index (χ3v) is 4.36. The number of nitrogens with zero attached hydrogens (tertiary/aromatic N) is 1. The summed E-state index contributed by atoms with van der Waals surface area (Å²) in [6.07, 6.45) is 3.83. The van der Waals surface area contributed by atoms with Crippen LogP contribution in [-0.4, -0.2) is 49.0 Å². The highest BCUT2D eigenvalue weighted by atomic mass is 127. The molecule has 0 aliphatic carbocycles. The average molecular weight is 461 g/mol. The zero-order valence-electron chi connectivity index (χ0n) is 13.9. The minimum absolute atomic E-state index is 0.162. The predicted octanol–water partition coefficient (Wildman–Crippen LogP) is 2.24. The van der Waals surface area contributed by atoms with Crippen molar-refractivity contribution in [3.8, 4) is 0 Å². The van der Waals surface area contributed by atoms with Crippen molar-refractivity contribution in [2.24, 2.45) is 5.92 Å². The van der Waals surface area contributed by atoms with Gasteiger partial charge in [-0.25, -0.2) is 4.79 Å². The van der Waals surface area contributed by atoms with Crippen LogP contribution in [0.4, 0.5) is 0 Å². The third-order valence-electron chi connectivity index (χ3n) is 3.78. The first-order valence-electron chi connectivity index (χ1n) is 8.04. The van der Waals surface area contributed by atoms with E-state index in [-0.39, 0.29) is 24.4 Å². The summed E-state index contributed by atoms with van der Waals surface area (Å²) >= 11 is 2.02. The molecular weight excluding hydrogens is 441 g/mol. The number of ether oxygens (including phenoxy) is 2. The number of esters is 2. The Bertz CT molecular complexity index is 645. The smallest absolute Gasteiger partial charge is 0.331 e. The van der Waals surface area contributed by atoms with Crippen LogP contribution in [0.25, 0.3) is 6.08 Å². The molecule has 0 unspecified atom stereocenters. The van der Waals surface area contributed by atoms with Crippen molar-refractivity contribution in [3.63, 3.8) is 0 Å². The van der Waals surface area contributed by atoms with E-state index in [0.717, 1.165) is 0 Å². The van der Waals surface area contributed by atoms with Gasteiger partial charge in [-0.3, -0.25) is 9.59 Å². The Labute approximate surface area is 159 Å². The zero-order valence-corrected chi connectivity index (χ0v) is 16.1. The van der Waals surface area contributed by atoms with E-state index in [9.17, 15) is 14.4 Å². The molecule has 1 aromatic rings. The molecule has 0 spiro atoms. The molecule has 2 heterocycles. The van der Waals surface area contributed by atoms with Crippen LogP contribution in [0.1, 0.15) is 25.5 Å². The summed E-state index contributed by atoms with van der Waals surface area (Å²) in [5, 5.41) is 0. The van der Waals surface area contributed by atoms with Crippen molar-refractivity contribution in [1.29, 1.82) is 0 Å². The standard InChI is InChI=1S/C17H20INO6/c1-2-23-17(22)12-7-9-19(10-8-12)15(20)11-24-16(21)6-4-13-3-5-14(18)25-13/h3-6,12H,2,7-11H2,1H3. The van der Waals surface area contributed by atoms with Gasteiger partial charge in [-0.1, -0.05) is 0 Å². The number of amides is 1. The van der Waals surface area contributed by atoms with E-state index in [2.05, 4.69) is 0 Å². The lowest BCUT2D eigenvalue weighted by atomic mass is 9.97. The Hall–Kier alpha value is -1.84. The van der Waals surface area contributed by atoms with E-state index in [1.807, 2.05) is 22.6 Å². The van der Waals surface area contributed by atoms with Crippen LogP contribution >= 0.6 is 22.6 Å². The van der Waals surface area contributed by atoms with Crippen molar-refractivity contribution >= 4 is 46.5 Å². The Morgan fingerprint density at radius 1 is 1.28 bits per heavy atom. The number of hydrogen-bond acceptors (Lipinski definition) is 6. The number of hydrogen-bond donors (Lipinski definition) is 0. The fraction of sp³-hybridized carbons (Fsp3) is 0.471. The molecule has 1 fully saturated rings. The van der Waals surface area contributed by atoms with Crippen LogP contribution in [0.3, 0.4) is 0 Å². The largest absolute Gasteiger partial charge is 0.466 e. The Kier molecular flexibility index (Phi) is 7.48.